The number of esters is 7. The molecule has 0 heterocycles. The minimum atomic E-state index is -1.12. The van der Waals surface area contributed by atoms with E-state index < -0.39 is 29.5 Å². The highest BCUT2D eigenvalue weighted by molar-refractivity contribution is 5.90. The summed E-state index contributed by atoms with van der Waals surface area (Å²) in [6.45, 7) is 8.09. The predicted octanol–water partition coefficient (Wildman–Crippen LogP) is 12.5. The number of hydrogen-bond donors (Lipinski definition) is 0. The van der Waals surface area contributed by atoms with E-state index in [4.69, 9.17) is 39.6 Å². The SMILES string of the molecule is C#Cc1ccc(C#Cc2ccc(C#CC3(OC(=O)c4ccc(OC(=O)C5CCC(C(=O)OCCCCCCOC(=O)C=C)CC5)cc4)CCC(c4ccc(OC(=O)C5CCC(C(=O)OCCCCCCOC(=O)C=C)CC5)cc4)CC3)cc2)cc1. The topological polar surface area (TPSA) is 184 Å². The highest BCUT2D eigenvalue weighted by atomic mass is 16.6. The number of carbonyl (C=O) groups is 7. The maximum Gasteiger partial charge on any atom is 0.339 e. The summed E-state index contributed by atoms with van der Waals surface area (Å²) in [7, 11) is 0. The fraction of sp³-hybridized carbons (Fsp3) is 0.423. The van der Waals surface area contributed by atoms with Crippen molar-refractivity contribution < 1.29 is 66.7 Å². The van der Waals surface area contributed by atoms with Crippen molar-refractivity contribution in [1.29, 1.82) is 0 Å². The number of terminal acetylenes is 1. The molecule has 0 N–H and O–H groups in total. The molecule has 85 heavy (non-hydrogen) atoms. The molecule has 3 aliphatic rings. The molecule has 14 heteroatoms. The van der Waals surface area contributed by atoms with Crippen molar-refractivity contribution in [3.8, 4) is 47.5 Å². The zero-order valence-corrected chi connectivity index (χ0v) is 48.5. The first-order chi connectivity index (χ1) is 41.3. The van der Waals surface area contributed by atoms with Gasteiger partial charge in [0.05, 0.1) is 55.7 Å². The van der Waals surface area contributed by atoms with Crippen LogP contribution in [0.2, 0.25) is 0 Å². The summed E-state index contributed by atoms with van der Waals surface area (Å²) in [5, 5.41) is 0. The summed E-state index contributed by atoms with van der Waals surface area (Å²) in [6, 6.07) is 28.9. The van der Waals surface area contributed by atoms with Crippen molar-refractivity contribution in [2.45, 2.75) is 140 Å². The second-order valence-corrected chi connectivity index (χ2v) is 21.9. The van der Waals surface area contributed by atoms with Crippen LogP contribution >= 0.6 is 0 Å². The molecule has 444 valence electrons. The Bertz CT molecular complexity index is 3080. The fourth-order valence-corrected chi connectivity index (χ4v) is 10.7. The number of unbranched alkanes of at least 4 members (excludes halogenated alkanes) is 6. The average molecular weight is 1150 g/mol. The van der Waals surface area contributed by atoms with Crippen LogP contribution in [0.5, 0.6) is 11.5 Å². The van der Waals surface area contributed by atoms with Gasteiger partial charge >= 0.3 is 41.8 Å². The van der Waals surface area contributed by atoms with Crippen LogP contribution in [-0.4, -0.2) is 73.8 Å². The summed E-state index contributed by atoms with van der Waals surface area (Å²) in [5.41, 5.74) is 3.38. The maximum absolute atomic E-state index is 14.0. The largest absolute Gasteiger partial charge is 0.465 e. The quantitative estimate of drug-likeness (QED) is 0.0152. The lowest BCUT2D eigenvalue weighted by Crippen LogP contribution is -2.37. The highest BCUT2D eigenvalue weighted by Crippen LogP contribution is 2.41. The molecular weight excluding hydrogens is 1080 g/mol. The van der Waals surface area contributed by atoms with E-state index in [2.05, 4.69) is 42.8 Å². The van der Waals surface area contributed by atoms with Crippen LogP contribution in [0.3, 0.4) is 0 Å². The van der Waals surface area contributed by atoms with Crippen molar-refractivity contribution in [3.05, 3.63) is 156 Å². The third kappa shape index (κ3) is 20.9. The summed E-state index contributed by atoms with van der Waals surface area (Å²) in [6.07, 6.45) is 20.5. The molecule has 0 aromatic heterocycles. The Morgan fingerprint density at radius 3 is 1.21 bits per heavy atom. The summed E-state index contributed by atoms with van der Waals surface area (Å²) in [5.74, 6) is 12.6. The van der Waals surface area contributed by atoms with Crippen molar-refractivity contribution >= 4 is 41.8 Å². The molecule has 4 aromatic rings. The molecule has 7 rings (SSSR count). The molecule has 0 atom stereocenters. The molecule has 3 aliphatic carbocycles. The first kappa shape index (κ1) is 63.9. The Kier molecular flexibility index (Phi) is 25.2. The van der Waals surface area contributed by atoms with Gasteiger partial charge in [-0.05, 0) is 231 Å². The number of benzene rings is 4. The number of ether oxygens (including phenoxy) is 7. The van der Waals surface area contributed by atoms with Crippen LogP contribution in [0.1, 0.15) is 173 Å². The minimum absolute atomic E-state index is 0.121. The van der Waals surface area contributed by atoms with Gasteiger partial charge in [0.1, 0.15) is 11.5 Å². The normalized spacial score (nSPS) is 19.7. The van der Waals surface area contributed by atoms with Gasteiger partial charge in [-0.25, -0.2) is 14.4 Å². The van der Waals surface area contributed by atoms with Gasteiger partial charge in [-0.15, -0.1) is 6.42 Å². The Hall–Kier alpha value is -8.67. The average Bonchev–Trinajstić information content (AvgIpc) is 3.04. The second kappa shape index (κ2) is 33.6. The lowest BCUT2D eigenvalue weighted by Gasteiger charge is -2.36. The van der Waals surface area contributed by atoms with Crippen molar-refractivity contribution in [2.24, 2.45) is 23.7 Å². The molecule has 0 unspecified atom stereocenters. The van der Waals surface area contributed by atoms with E-state index in [1.807, 2.05) is 72.8 Å². The van der Waals surface area contributed by atoms with Gasteiger partial charge in [0.2, 0.25) is 0 Å². The molecule has 0 saturated heterocycles. The monoisotopic (exact) mass is 1150 g/mol. The maximum atomic E-state index is 14.0. The van der Waals surface area contributed by atoms with Crippen LogP contribution in [0, 0.1) is 59.7 Å². The number of carbonyl (C=O) groups excluding carboxylic acids is 7. The Morgan fingerprint density at radius 1 is 0.447 bits per heavy atom. The minimum Gasteiger partial charge on any atom is -0.465 e. The molecule has 0 radical (unpaired) electrons. The van der Waals surface area contributed by atoms with E-state index in [-0.39, 0.29) is 58.8 Å². The van der Waals surface area contributed by atoms with E-state index in [0.717, 1.165) is 84.9 Å². The van der Waals surface area contributed by atoms with Gasteiger partial charge in [0.15, 0.2) is 5.60 Å². The Balaban J connectivity index is 0.893. The molecule has 0 spiro atoms. The van der Waals surface area contributed by atoms with Crippen LogP contribution in [-0.2, 0) is 52.5 Å². The van der Waals surface area contributed by atoms with E-state index in [9.17, 15) is 33.6 Å². The second-order valence-electron chi connectivity index (χ2n) is 21.9. The molecular formula is C71H76O14. The molecule has 0 bridgehead atoms. The van der Waals surface area contributed by atoms with E-state index >= 15 is 0 Å². The van der Waals surface area contributed by atoms with Crippen LogP contribution in [0.15, 0.2) is 122 Å². The van der Waals surface area contributed by atoms with Crippen molar-refractivity contribution in [1.82, 2.24) is 0 Å². The predicted molar refractivity (Wildman–Crippen MR) is 319 cm³/mol. The standard InChI is InChI=1S/C71H76O14/c1-4-51-15-17-52(18-16-51)19-20-53-21-23-54(24-22-53)41-44-71(85-70(78)61-35-39-63(40-36-61)84-69(77)60-31-27-58(28-32-60)67(75)82-50-14-10-8-12-48-80-65(73)6-3)45-42-56(43-46-71)55-33-37-62(38-34-55)83-68(76)59-29-25-57(26-30-59)66(74)81-49-13-9-7-11-47-79-64(72)5-2/h1,5-6,15-18,21-24,33-40,56-60H,2-3,7-14,25-32,42-43,45-50H2. The highest BCUT2D eigenvalue weighted by Gasteiger charge is 2.39. The van der Waals surface area contributed by atoms with E-state index in [0.29, 0.717) is 116 Å². The van der Waals surface area contributed by atoms with Crippen LogP contribution in [0.4, 0.5) is 0 Å². The van der Waals surface area contributed by atoms with Crippen molar-refractivity contribution in [2.75, 3.05) is 26.4 Å². The van der Waals surface area contributed by atoms with Gasteiger partial charge in [0.25, 0.3) is 0 Å². The molecule has 4 aromatic carbocycles. The first-order valence-electron chi connectivity index (χ1n) is 29.8. The molecule has 3 fully saturated rings. The summed E-state index contributed by atoms with van der Waals surface area (Å²) < 4.78 is 39.0. The van der Waals surface area contributed by atoms with Gasteiger partial charge in [-0.2, -0.15) is 0 Å². The van der Waals surface area contributed by atoms with E-state index in [1.54, 1.807) is 24.3 Å². The van der Waals surface area contributed by atoms with Crippen molar-refractivity contribution in [3.63, 3.8) is 0 Å². The third-order valence-electron chi connectivity index (χ3n) is 15.9. The zero-order chi connectivity index (χ0) is 60.2. The Morgan fingerprint density at radius 2 is 0.812 bits per heavy atom. The number of rotatable bonds is 25. The fourth-order valence-electron chi connectivity index (χ4n) is 10.7. The number of hydrogen-bond acceptors (Lipinski definition) is 14. The molecule has 3 saturated carbocycles. The first-order valence-corrected chi connectivity index (χ1v) is 29.8. The van der Waals surface area contributed by atoms with E-state index in [1.165, 1.54) is 0 Å². The van der Waals surface area contributed by atoms with Crippen LogP contribution < -0.4 is 9.47 Å². The van der Waals surface area contributed by atoms with Gasteiger partial charge < -0.3 is 33.2 Å². The van der Waals surface area contributed by atoms with Gasteiger partial charge in [-0.3, -0.25) is 19.2 Å². The molecule has 0 aliphatic heterocycles. The Labute approximate surface area is 499 Å². The van der Waals surface area contributed by atoms with Crippen LogP contribution in [0.25, 0.3) is 0 Å². The molecule has 0 amide bonds. The lowest BCUT2D eigenvalue weighted by atomic mass is 9.76. The molecule has 14 nitrogen and oxygen atoms in total. The summed E-state index contributed by atoms with van der Waals surface area (Å²) >= 11 is 0. The zero-order valence-electron chi connectivity index (χ0n) is 48.5. The third-order valence-corrected chi connectivity index (χ3v) is 15.9. The van der Waals surface area contributed by atoms with Gasteiger partial charge in [0, 0.05) is 34.4 Å². The van der Waals surface area contributed by atoms with Gasteiger partial charge in [-0.1, -0.05) is 49.0 Å². The summed E-state index contributed by atoms with van der Waals surface area (Å²) in [4.78, 5) is 88.4. The lowest BCUT2D eigenvalue weighted by molar-refractivity contribution is -0.152. The smallest absolute Gasteiger partial charge is 0.339 e.